The van der Waals surface area contributed by atoms with Crippen LogP contribution in [0.2, 0.25) is 0 Å². The molecule has 0 saturated carbocycles. The Morgan fingerprint density at radius 2 is 1.75 bits per heavy atom. The molecule has 162 valence electrons. The Bertz CT molecular complexity index is 1180. The van der Waals surface area contributed by atoms with E-state index in [1.165, 1.54) is 5.56 Å². The van der Waals surface area contributed by atoms with Crippen molar-refractivity contribution in [3.05, 3.63) is 112 Å². The fourth-order valence-corrected chi connectivity index (χ4v) is 3.55. The van der Waals surface area contributed by atoms with Crippen LogP contribution < -0.4 is 10.1 Å². The average Bonchev–Trinajstić information content (AvgIpc) is 3.26. The first-order chi connectivity index (χ1) is 15.6. The van der Waals surface area contributed by atoms with Gasteiger partial charge < -0.3 is 10.1 Å². The van der Waals surface area contributed by atoms with E-state index in [0.29, 0.717) is 24.4 Å². The van der Waals surface area contributed by atoms with Gasteiger partial charge in [-0.2, -0.15) is 5.10 Å². The Morgan fingerprint density at radius 1 is 1.00 bits per heavy atom. The average molecular weight is 490 g/mol. The summed E-state index contributed by atoms with van der Waals surface area (Å²) in [6.45, 7) is 3.16. The van der Waals surface area contributed by atoms with E-state index in [4.69, 9.17) is 4.74 Å². The first kappa shape index (κ1) is 21.8. The van der Waals surface area contributed by atoms with Crippen LogP contribution in [0.1, 0.15) is 34.0 Å². The van der Waals surface area contributed by atoms with Gasteiger partial charge in [0.15, 0.2) is 0 Å². The molecule has 0 saturated heterocycles. The number of hydrogen-bond donors (Lipinski definition) is 1. The zero-order valence-electron chi connectivity index (χ0n) is 17.8. The number of amides is 1. The largest absolute Gasteiger partial charge is 0.489 e. The maximum atomic E-state index is 12.7. The fraction of sp³-hybridized carbons (Fsp3) is 0.154. The summed E-state index contributed by atoms with van der Waals surface area (Å²) >= 11 is 3.44. The number of nitrogens with zero attached hydrogens (tertiary/aromatic N) is 2. The Labute approximate surface area is 196 Å². The molecule has 0 atom stereocenters. The molecule has 1 aromatic heterocycles. The molecule has 1 N–H and O–H groups in total. The summed E-state index contributed by atoms with van der Waals surface area (Å²) in [5, 5.41) is 7.26. The summed E-state index contributed by atoms with van der Waals surface area (Å²) in [6.07, 6.45) is 4.48. The highest BCUT2D eigenvalue weighted by atomic mass is 79.9. The molecule has 0 radical (unpaired) electrons. The second-order valence-corrected chi connectivity index (χ2v) is 8.41. The monoisotopic (exact) mass is 489 g/mol. The molecule has 0 bridgehead atoms. The number of carbonyl (C=O) groups excluding carboxylic acids is 1. The maximum Gasteiger partial charge on any atom is 0.255 e. The van der Waals surface area contributed by atoms with E-state index in [1.54, 1.807) is 16.9 Å². The molecule has 0 unspecified atom stereocenters. The third-order valence-corrected chi connectivity index (χ3v) is 5.60. The lowest BCUT2D eigenvalue weighted by Crippen LogP contribution is -2.12. The van der Waals surface area contributed by atoms with Gasteiger partial charge in [0.05, 0.1) is 18.4 Å². The standard InChI is InChI=1S/C26H24BrN3O2/c1-2-19-8-12-25(13-9-19)32-18-21-4-3-5-22(14-21)26(31)29-24-15-28-30(17-24)16-20-6-10-23(27)11-7-20/h3-15,17H,2,16,18H2,1H3,(H,29,31). The van der Waals surface area contributed by atoms with Crippen molar-refractivity contribution in [3.8, 4) is 5.75 Å². The molecule has 0 aliphatic rings. The highest BCUT2D eigenvalue weighted by Crippen LogP contribution is 2.17. The van der Waals surface area contributed by atoms with Gasteiger partial charge in [0.25, 0.3) is 5.91 Å². The van der Waals surface area contributed by atoms with Gasteiger partial charge in [-0.25, -0.2) is 0 Å². The molecule has 4 aromatic rings. The lowest BCUT2D eigenvalue weighted by Gasteiger charge is -2.09. The second kappa shape index (κ2) is 10.3. The number of ether oxygens (including phenoxy) is 1. The summed E-state index contributed by atoms with van der Waals surface area (Å²) < 4.78 is 8.70. The number of halogens is 1. The third-order valence-electron chi connectivity index (χ3n) is 5.08. The van der Waals surface area contributed by atoms with E-state index in [9.17, 15) is 4.79 Å². The molecule has 6 heteroatoms. The van der Waals surface area contributed by atoms with Crippen LogP contribution in [0.4, 0.5) is 5.69 Å². The number of aryl methyl sites for hydroxylation is 1. The predicted octanol–water partition coefficient (Wildman–Crippen LogP) is 6.09. The van der Waals surface area contributed by atoms with Crippen LogP contribution in [0.5, 0.6) is 5.75 Å². The minimum atomic E-state index is -0.178. The van der Waals surface area contributed by atoms with Crippen LogP contribution in [0, 0.1) is 0 Å². The first-order valence-corrected chi connectivity index (χ1v) is 11.3. The smallest absolute Gasteiger partial charge is 0.255 e. The van der Waals surface area contributed by atoms with Crippen LogP contribution in [0.25, 0.3) is 0 Å². The summed E-state index contributed by atoms with van der Waals surface area (Å²) in [7, 11) is 0. The normalized spacial score (nSPS) is 10.7. The highest BCUT2D eigenvalue weighted by molar-refractivity contribution is 9.10. The van der Waals surface area contributed by atoms with Crippen molar-refractivity contribution in [1.29, 1.82) is 0 Å². The van der Waals surface area contributed by atoms with Gasteiger partial charge in [0, 0.05) is 16.2 Å². The number of rotatable bonds is 8. The van der Waals surface area contributed by atoms with Gasteiger partial charge in [-0.3, -0.25) is 9.48 Å². The lowest BCUT2D eigenvalue weighted by atomic mass is 10.1. The SMILES string of the molecule is CCc1ccc(OCc2cccc(C(=O)Nc3cnn(Cc4ccc(Br)cc4)c3)c2)cc1. The number of carbonyl (C=O) groups is 1. The van der Waals surface area contributed by atoms with Crippen LogP contribution in [0.3, 0.4) is 0 Å². The Balaban J connectivity index is 1.35. The van der Waals surface area contributed by atoms with Gasteiger partial charge >= 0.3 is 0 Å². The Hall–Kier alpha value is -3.38. The second-order valence-electron chi connectivity index (χ2n) is 7.49. The van der Waals surface area contributed by atoms with Crippen molar-refractivity contribution < 1.29 is 9.53 Å². The van der Waals surface area contributed by atoms with Crippen LogP contribution in [0.15, 0.2) is 89.7 Å². The van der Waals surface area contributed by atoms with Crippen molar-refractivity contribution in [3.63, 3.8) is 0 Å². The lowest BCUT2D eigenvalue weighted by molar-refractivity contribution is 0.102. The molecule has 1 heterocycles. The Kier molecular flexibility index (Phi) is 7.02. The molecule has 3 aromatic carbocycles. The summed E-state index contributed by atoms with van der Waals surface area (Å²) in [6, 6.07) is 23.6. The highest BCUT2D eigenvalue weighted by Gasteiger charge is 2.09. The van der Waals surface area contributed by atoms with Crippen LogP contribution in [-0.2, 0) is 19.6 Å². The van der Waals surface area contributed by atoms with E-state index in [2.05, 4.69) is 45.4 Å². The third kappa shape index (κ3) is 5.86. The van der Waals surface area contributed by atoms with Crippen molar-refractivity contribution in [2.24, 2.45) is 0 Å². The molecule has 5 nitrogen and oxygen atoms in total. The Morgan fingerprint density at radius 3 is 2.50 bits per heavy atom. The van der Waals surface area contributed by atoms with E-state index < -0.39 is 0 Å². The molecule has 32 heavy (non-hydrogen) atoms. The minimum absolute atomic E-state index is 0.178. The van der Waals surface area contributed by atoms with E-state index in [1.807, 2.05) is 60.8 Å². The molecule has 0 fully saturated rings. The molecule has 4 rings (SSSR count). The summed E-state index contributed by atoms with van der Waals surface area (Å²) in [5.41, 5.74) is 4.57. The zero-order chi connectivity index (χ0) is 22.3. The van der Waals surface area contributed by atoms with Gasteiger partial charge in [-0.15, -0.1) is 0 Å². The van der Waals surface area contributed by atoms with Crippen molar-refractivity contribution >= 4 is 27.5 Å². The molecule has 1 amide bonds. The van der Waals surface area contributed by atoms with E-state index in [0.717, 1.165) is 27.8 Å². The molecular formula is C26H24BrN3O2. The minimum Gasteiger partial charge on any atom is -0.489 e. The van der Waals surface area contributed by atoms with Gasteiger partial charge in [-0.05, 0) is 59.5 Å². The number of aromatic nitrogens is 2. The first-order valence-electron chi connectivity index (χ1n) is 10.5. The van der Waals surface area contributed by atoms with Crippen molar-refractivity contribution in [2.75, 3.05) is 5.32 Å². The number of nitrogens with one attached hydrogen (secondary N) is 1. The van der Waals surface area contributed by atoms with Gasteiger partial charge in [-0.1, -0.05) is 59.3 Å². The quantitative estimate of drug-likeness (QED) is 0.325. The van der Waals surface area contributed by atoms with Crippen molar-refractivity contribution in [1.82, 2.24) is 9.78 Å². The molecule has 0 aliphatic carbocycles. The molecule has 0 spiro atoms. The maximum absolute atomic E-state index is 12.7. The number of benzene rings is 3. The topological polar surface area (TPSA) is 56.1 Å². The van der Waals surface area contributed by atoms with Crippen LogP contribution in [-0.4, -0.2) is 15.7 Å². The number of anilines is 1. The zero-order valence-corrected chi connectivity index (χ0v) is 19.4. The van der Waals surface area contributed by atoms with Crippen LogP contribution >= 0.6 is 15.9 Å². The van der Waals surface area contributed by atoms with Gasteiger partial charge in [0.1, 0.15) is 12.4 Å². The number of hydrogen-bond acceptors (Lipinski definition) is 3. The van der Waals surface area contributed by atoms with E-state index >= 15 is 0 Å². The molecule has 0 aliphatic heterocycles. The molecular weight excluding hydrogens is 466 g/mol. The summed E-state index contributed by atoms with van der Waals surface area (Å²) in [4.78, 5) is 12.7. The predicted molar refractivity (Wildman–Crippen MR) is 130 cm³/mol. The van der Waals surface area contributed by atoms with Gasteiger partial charge in [0.2, 0.25) is 0 Å². The fourth-order valence-electron chi connectivity index (χ4n) is 3.29. The summed E-state index contributed by atoms with van der Waals surface area (Å²) in [5.74, 6) is 0.637. The van der Waals surface area contributed by atoms with E-state index in [-0.39, 0.29) is 5.91 Å². The van der Waals surface area contributed by atoms with Crippen molar-refractivity contribution in [2.45, 2.75) is 26.5 Å².